The second-order valence-corrected chi connectivity index (χ2v) is 7.78. The SMILES string of the molecule is Cc1ccccc1CNC(=O)NCC1CN(Cc2ccc(Cl)c(Cl)c2)CCO1. The van der Waals surface area contributed by atoms with E-state index in [4.69, 9.17) is 27.9 Å². The van der Waals surface area contributed by atoms with Gasteiger partial charge in [0.1, 0.15) is 0 Å². The zero-order valence-corrected chi connectivity index (χ0v) is 17.4. The van der Waals surface area contributed by atoms with E-state index in [0.717, 1.165) is 36.3 Å². The predicted molar refractivity (Wildman–Crippen MR) is 113 cm³/mol. The first-order valence-corrected chi connectivity index (χ1v) is 10.1. The molecule has 0 radical (unpaired) electrons. The lowest BCUT2D eigenvalue weighted by atomic mass is 10.1. The van der Waals surface area contributed by atoms with Crippen molar-refractivity contribution in [2.75, 3.05) is 26.2 Å². The zero-order valence-electron chi connectivity index (χ0n) is 15.9. The maximum absolute atomic E-state index is 12.1. The van der Waals surface area contributed by atoms with Crippen molar-refractivity contribution in [3.05, 3.63) is 69.2 Å². The van der Waals surface area contributed by atoms with Gasteiger partial charge in [-0.15, -0.1) is 0 Å². The molecule has 1 heterocycles. The highest BCUT2D eigenvalue weighted by atomic mass is 35.5. The predicted octanol–water partition coefficient (Wildman–Crippen LogP) is 4.00. The van der Waals surface area contributed by atoms with Gasteiger partial charge in [0.05, 0.1) is 22.8 Å². The van der Waals surface area contributed by atoms with Gasteiger partial charge in [-0.05, 0) is 35.7 Å². The van der Waals surface area contributed by atoms with E-state index < -0.39 is 0 Å². The van der Waals surface area contributed by atoms with Crippen molar-refractivity contribution in [3.8, 4) is 0 Å². The lowest BCUT2D eigenvalue weighted by molar-refractivity contribution is -0.0287. The Kier molecular flexibility index (Phi) is 7.57. The van der Waals surface area contributed by atoms with Crippen LogP contribution in [-0.4, -0.2) is 43.3 Å². The average molecular weight is 422 g/mol. The maximum atomic E-state index is 12.1. The molecule has 1 fully saturated rings. The van der Waals surface area contributed by atoms with Crippen molar-refractivity contribution in [2.24, 2.45) is 0 Å². The summed E-state index contributed by atoms with van der Waals surface area (Å²) in [7, 11) is 0. The average Bonchev–Trinajstić information content (AvgIpc) is 2.69. The van der Waals surface area contributed by atoms with E-state index in [1.807, 2.05) is 49.4 Å². The fourth-order valence-corrected chi connectivity index (χ4v) is 3.52. The molecule has 2 aromatic carbocycles. The zero-order chi connectivity index (χ0) is 19.9. The smallest absolute Gasteiger partial charge is 0.315 e. The van der Waals surface area contributed by atoms with E-state index >= 15 is 0 Å². The molecule has 1 unspecified atom stereocenters. The summed E-state index contributed by atoms with van der Waals surface area (Å²) in [5.41, 5.74) is 3.38. The van der Waals surface area contributed by atoms with Crippen LogP contribution in [-0.2, 0) is 17.8 Å². The van der Waals surface area contributed by atoms with Gasteiger partial charge in [-0.2, -0.15) is 0 Å². The van der Waals surface area contributed by atoms with Gasteiger partial charge in [-0.3, -0.25) is 4.90 Å². The molecule has 0 aromatic heterocycles. The third-order valence-corrected chi connectivity index (χ3v) is 5.54. The molecule has 7 heteroatoms. The summed E-state index contributed by atoms with van der Waals surface area (Å²) in [6.07, 6.45) is -0.0410. The number of benzene rings is 2. The Hall–Kier alpha value is -1.79. The van der Waals surface area contributed by atoms with Crippen molar-refractivity contribution in [3.63, 3.8) is 0 Å². The Morgan fingerprint density at radius 1 is 1.18 bits per heavy atom. The first kappa shape index (κ1) is 20.9. The number of urea groups is 1. The number of hydrogen-bond acceptors (Lipinski definition) is 3. The van der Waals surface area contributed by atoms with Crippen LogP contribution in [0.1, 0.15) is 16.7 Å². The van der Waals surface area contributed by atoms with Gasteiger partial charge in [-0.1, -0.05) is 53.5 Å². The number of nitrogens with one attached hydrogen (secondary N) is 2. The van der Waals surface area contributed by atoms with Gasteiger partial charge >= 0.3 is 6.03 Å². The quantitative estimate of drug-likeness (QED) is 0.740. The fraction of sp³-hybridized carbons (Fsp3) is 0.381. The highest BCUT2D eigenvalue weighted by Crippen LogP contribution is 2.23. The van der Waals surface area contributed by atoms with Gasteiger partial charge in [0.15, 0.2) is 0 Å². The van der Waals surface area contributed by atoms with E-state index in [2.05, 4.69) is 15.5 Å². The van der Waals surface area contributed by atoms with Crippen LogP contribution in [0.2, 0.25) is 10.0 Å². The molecule has 0 saturated carbocycles. The highest BCUT2D eigenvalue weighted by molar-refractivity contribution is 6.42. The Labute approximate surface area is 176 Å². The Morgan fingerprint density at radius 2 is 2.00 bits per heavy atom. The van der Waals surface area contributed by atoms with Crippen molar-refractivity contribution in [1.82, 2.24) is 15.5 Å². The molecule has 1 saturated heterocycles. The second-order valence-electron chi connectivity index (χ2n) is 6.97. The van der Waals surface area contributed by atoms with Crippen molar-refractivity contribution >= 4 is 29.2 Å². The molecule has 5 nitrogen and oxygen atoms in total. The number of hydrogen-bond donors (Lipinski definition) is 2. The molecule has 2 aromatic rings. The molecule has 2 amide bonds. The summed E-state index contributed by atoms with van der Waals surface area (Å²) in [4.78, 5) is 14.4. The number of carbonyl (C=O) groups excluding carboxylic acids is 1. The lowest BCUT2D eigenvalue weighted by Gasteiger charge is -2.33. The normalized spacial score (nSPS) is 17.3. The molecule has 1 aliphatic rings. The molecular formula is C21H25Cl2N3O2. The molecule has 1 atom stereocenters. The molecule has 150 valence electrons. The van der Waals surface area contributed by atoms with Gasteiger partial charge in [0.25, 0.3) is 0 Å². The molecule has 1 aliphatic heterocycles. The van der Waals surface area contributed by atoms with Crippen LogP contribution in [0.15, 0.2) is 42.5 Å². The molecule has 0 spiro atoms. The van der Waals surface area contributed by atoms with Crippen LogP contribution >= 0.6 is 23.2 Å². The summed E-state index contributed by atoms with van der Waals surface area (Å²) in [5.74, 6) is 0. The van der Waals surface area contributed by atoms with Crippen molar-refractivity contribution in [2.45, 2.75) is 26.1 Å². The molecule has 2 N–H and O–H groups in total. The van der Waals surface area contributed by atoms with Crippen LogP contribution in [0.25, 0.3) is 0 Å². The second kappa shape index (κ2) is 10.1. The molecular weight excluding hydrogens is 397 g/mol. The number of rotatable bonds is 6. The monoisotopic (exact) mass is 421 g/mol. The van der Waals surface area contributed by atoms with Crippen LogP contribution in [0.5, 0.6) is 0 Å². The Bertz CT molecular complexity index is 816. The van der Waals surface area contributed by atoms with E-state index in [0.29, 0.717) is 29.7 Å². The first-order chi connectivity index (χ1) is 13.5. The number of morpholine rings is 1. The number of nitrogens with zero attached hydrogens (tertiary/aromatic N) is 1. The minimum atomic E-state index is -0.187. The third-order valence-electron chi connectivity index (χ3n) is 4.80. The first-order valence-electron chi connectivity index (χ1n) is 9.35. The Balaban J connectivity index is 1.42. The van der Waals surface area contributed by atoms with Crippen molar-refractivity contribution in [1.29, 1.82) is 0 Å². The lowest BCUT2D eigenvalue weighted by Crippen LogP contribution is -2.48. The third kappa shape index (κ3) is 6.11. The molecule has 0 bridgehead atoms. The summed E-state index contributed by atoms with van der Waals surface area (Å²) in [6.45, 7) is 6.02. The summed E-state index contributed by atoms with van der Waals surface area (Å²) >= 11 is 12.1. The van der Waals surface area contributed by atoms with Gasteiger partial charge in [0.2, 0.25) is 0 Å². The Morgan fingerprint density at radius 3 is 2.79 bits per heavy atom. The largest absolute Gasteiger partial charge is 0.374 e. The summed E-state index contributed by atoms with van der Waals surface area (Å²) < 4.78 is 5.79. The number of aryl methyl sites for hydroxylation is 1. The standard InChI is InChI=1S/C21H25Cl2N3O2/c1-15-4-2-3-5-17(15)11-24-21(27)25-12-18-14-26(8-9-28-18)13-16-6-7-19(22)20(23)10-16/h2-7,10,18H,8-9,11-14H2,1H3,(H2,24,25,27). The minimum Gasteiger partial charge on any atom is -0.374 e. The fourth-order valence-electron chi connectivity index (χ4n) is 3.20. The number of amides is 2. The van der Waals surface area contributed by atoms with Gasteiger partial charge in [-0.25, -0.2) is 4.79 Å². The van der Waals surface area contributed by atoms with E-state index in [9.17, 15) is 4.79 Å². The van der Waals surface area contributed by atoms with Crippen LogP contribution in [0.4, 0.5) is 4.79 Å². The number of ether oxygens (including phenoxy) is 1. The van der Waals surface area contributed by atoms with E-state index in [-0.39, 0.29) is 12.1 Å². The van der Waals surface area contributed by atoms with Crippen LogP contribution in [0.3, 0.4) is 0 Å². The van der Waals surface area contributed by atoms with Gasteiger partial charge < -0.3 is 15.4 Å². The minimum absolute atomic E-state index is 0.0410. The van der Waals surface area contributed by atoms with E-state index in [1.165, 1.54) is 0 Å². The van der Waals surface area contributed by atoms with Crippen LogP contribution < -0.4 is 10.6 Å². The molecule has 3 rings (SSSR count). The van der Waals surface area contributed by atoms with Gasteiger partial charge in [0, 0.05) is 32.7 Å². The van der Waals surface area contributed by atoms with Crippen molar-refractivity contribution < 1.29 is 9.53 Å². The highest BCUT2D eigenvalue weighted by Gasteiger charge is 2.21. The van der Waals surface area contributed by atoms with Crippen LogP contribution in [0, 0.1) is 6.92 Å². The molecule has 28 heavy (non-hydrogen) atoms. The summed E-state index contributed by atoms with van der Waals surface area (Å²) in [5, 5.41) is 6.93. The number of halogens is 2. The summed E-state index contributed by atoms with van der Waals surface area (Å²) in [6, 6.07) is 13.5. The molecule has 0 aliphatic carbocycles. The maximum Gasteiger partial charge on any atom is 0.315 e. The number of carbonyl (C=O) groups is 1. The topological polar surface area (TPSA) is 53.6 Å². The van der Waals surface area contributed by atoms with E-state index in [1.54, 1.807) is 0 Å².